The summed E-state index contributed by atoms with van der Waals surface area (Å²) in [4.78, 5) is 6.53. The molecular formula is C15H18ClN3O3S2. The molecule has 0 aliphatic carbocycles. The molecule has 1 saturated heterocycles. The maximum Gasteiger partial charge on any atom is 0.244 e. The molecule has 24 heavy (non-hydrogen) atoms. The van der Waals surface area contributed by atoms with Crippen molar-refractivity contribution in [2.45, 2.75) is 23.8 Å². The van der Waals surface area contributed by atoms with Crippen molar-refractivity contribution in [3.63, 3.8) is 0 Å². The van der Waals surface area contributed by atoms with Crippen LogP contribution in [0.25, 0.3) is 0 Å². The van der Waals surface area contributed by atoms with Crippen LogP contribution in [0, 0.1) is 0 Å². The third-order valence-electron chi connectivity index (χ3n) is 3.97. The molecule has 3 rings (SSSR count). The lowest BCUT2D eigenvalue weighted by Crippen LogP contribution is -2.40. The highest BCUT2D eigenvalue weighted by Gasteiger charge is 2.28. The summed E-state index contributed by atoms with van der Waals surface area (Å²) in [7, 11) is -2.27. The Bertz CT molecular complexity index is 796. The number of hydrogen-bond acceptors (Lipinski definition) is 6. The SMILES string of the molecule is COc1ccc(Cl)cc1S(=O)(=O)NCC1CCCN1c1nccs1. The van der Waals surface area contributed by atoms with Crippen LogP contribution >= 0.6 is 22.9 Å². The zero-order chi connectivity index (χ0) is 17.2. The lowest BCUT2D eigenvalue weighted by molar-refractivity contribution is 0.402. The second-order valence-corrected chi connectivity index (χ2v) is 8.50. The number of ether oxygens (including phenoxy) is 1. The summed E-state index contributed by atoms with van der Waals surface area (Å²) in [5.74, 6) is 0.273. The van der Waals surface area contributed by atoms with Crippen LogP contribution in [-0.2, 0) is 10.0 Å². The summed E-state index contributed by atoms with van der Waals surface area (Å²) >= 11 is 7.50. The second kappa shape index (κ2) is 7.26. The third-order valence-corrected chi connectivity index (χ3v) is 6.45. The fourth-order valence-corrected chi connectivity index (χ4v) is 5.05. The van der Waals surface area contributed by atoms with Crippen LogP contribution in [0.3, 0.4) is 0 Å². The maximum absolute atomic E-state index is 12.6. The van der Waals surface area contributed by atoms with Crippen LogP contribution in [-0.4, -0.2) is 39.6 Å². The molecule has 6 nitrogen and oxygen atoms in total. The molecule has 130 valence electrons. The van der Waals surface area contributed by atoms with Crippen LogP contribution in [0.4, 0.5) is 5.13 Å². The molecule has 1 atom stereocenters. The van der Waals surface area contributed by atoms with Crippen LogP contribution in [0.2, 0.25) is 5.02 Å². The molecule has 1 unspecified atom stereocenters. The van der Waals surface area contributed by atoms with Crippen molar-refractivity contribution in [1.29, 1.82) is 0 Å². The second-order valence-electron chi connectivity index (χ2n) is 5.45. The van der Waals surface area contributed by atoms with Gasteiger partial charge in [-0.1, -0.05) is 11.6 Å². The van der Waals surface area contributed by atoms with Gasteiger partial charge in [0.2, 0.25) is 10.0 Å². The Labute approximate surface area is 150 Å². The zero-order valence-corrected chi connectivity index (χ0v) is 15.5. The summed E-state index contributed by atoms with van der Waals surface area (Å²) in [6, 6.07) is 4.64. The maximum atomic E-state index is 12.6. The van der Waals surface area contributed by atoms with Crippen LogP contribution in [0.15, 0.2) is 34.7 Å². The van der Waals surface area contributed by atoms with Gasteiger partial charge in [0, 0.05) is 35.7 Å². The molecule has 1 fully saturated rings. The first-order valence-corrected chi connectivity index (χ1v) is 10.2. The molecular weight excluding hydrogens is 370 g/mol. The van der Waals surface area contributed by atoms with E-state index in [1.54, 1.807) is 29.7 Å². The highest BCUT2D eigenvalue weighted by Crippen LogP contribution is 2.29. The first-order valence-electron chi connectivity index (χ1n) is 7.50. The first kappa shape index (κ1) is 17.5. The van der Waals surface area contributed by atoms with Gasteiger partial charge in [-0.05, 0) is 31.0 Å². The molecule has 1 aliphatic heterocycles. The fraction of sp³-hybridized carbons (Fsp3) is 0.400. The Morgan fingerprint density at radius 3 is 3.04 bits per heavy atom. The van der Waals surface area contributed by atoms with E-state index in [9.17, 15) is 8.42 Å². The molecule has 0 radical (unpaired) electrons. The molecule has 2 aromatic rings. The van der Waals surface area contributed by atoms with E-state index in [1.165, 1.54) is 13.2 Å². The predicted molar refractivity (Wildman–Crippen MR) is 95.7 cm³/mol. The monoisotopic (exact) mass is 387 g/mol. The van der Waals surface area contributed by atoms with Gasteiger partial charge in [-0.3, -0.25) is 0 Å². The van der Waals surface area contributed by atoms with Gasteiger partial charge in [-0.2, -0.15) is 0 Å². The number of rotatable bonds is 6. The summed E-state index contributed by atoms with van der Waals surface area (Å²) in [5.41, 5.74) is 0. The molecule has 1 aromatic carbocycles. The first-order chi connectivity index (χ1) is 11.5. The van der Waals surface area contributed by atoms with Crippen molar-refractivity contribution in [1.82, 2.24) is 9.71 Å². The highest BCUT2D eigenvalue weighted by atomic mass is 35.5. The van der Waals surface area contributed by atoms with Gasteiger partial charge >= 0.3 is 0 Å². The molecule has 2 heterocycles. The van der Waals surface area contributed by atoms with E-state index < -0.39 is 10.0 Å². The molecule has 0 amide bonds. The third kappa shape index (κ3) is 3.66. The highest BCUT2D eigenvalue weighted by molar-refractivity contribution is 7.89. The Balaban J connectivity index is 1.75. The van der Waals surface area contributed by atoms with Gasteiger partial charge in [0.05, 0.1) is 7.11 Å². The summed E-state index contributed by atoms with van der Waals surface area (Å²) in [6.07, 6.45) is 3.71. The minimum absolute atomic E-state index is 0.0521. The molecule has 1 N–H and O–H groups in total. The predicted octanol–water partition coefficient (Wildman–Crippen LogP) is 2.75. The minimum Gasteiger partial charge on any atom is -0.495 e. The topological polar surface area (TPSA) is 71.5 Å². The van der Waals surface area contributed by atoms with E-state index in [0.29, 0.717) is 11.6 Å². The van der Waals surface area contributed by atoms with Crippen molar-refractivity contribution < 1.29 is 13.2 Å². The molecule has 0 saturated carbocycles. The molecule has 0 bridgehead atoms. The van der Waals surface area contributed by atoms with Crippen molar-refractivity contribution >= 4 is 38.1 Å². The number of methoxy groups -OCH3 is 1. The summed E-state index contributed by atoms with van der Waals surface area (Å²) in [5, 5.41) is 3.20. The molecule has 0 spiro atoms. The van der Waals surface area contributed by atoms with Gasteiger partial charge in [-0.25, -0.2) is 18.1 Å². The average molecular weight is 388 g/mol. The molecule has 1 aromatic heterocycles. The fourth-order valence-electron chi connectivity index (χ4n) is 2.80. The van der Waals surface area contributed by atoms with Crippen LogP contribution in [0.1, 0.15) is 12.8 Å². The summed E-state index contributed by atoms with van der Waals surface area (Å²) < 4.78 is 33.1. The Hall–Kier alpha value is -1.35. The number of hydrogen-bond donors (Lipinski definition) is 1. The molecule has 1 aliphatic rings. The van der Waals surface area contributed by atoms with Gasteiger partial charge in [0.15, 0.2) is 5.13 Å². The lowest BCUT2D eigenvalue weighted by atomic mass is 10.2. The average Bonchev–Trinajstić information content (AvgIpc) is 3.24. The minimum atomic E-state index is -3.71. The lowest BCUT2D eigenvalue weighted by Gasteiger charge is -2.24. The normalized spacial score (nSPS) is 18.1. The van der Waals surface area contributed by atoms with Gasteiger partial charge in [-0.15, -0.1) is 11.3 Å². The number of anilines is 1. The van der Waals surface area contributed by atoms with E-state index in [-0.39, 0.29) is 16.7 Å². The Morgan fingerprint density at radius 2 is 2.33 bits per heavy atom. The number of nitrogens with zero attached hydrogens (tertiary/aromatic N) is 2. The van der Waals surface area contributed by atoms with Crippen LogP contribution in [0.5, 0.6) is 5.75 Å². The van der Waals surface area contributed by atoms with E-state index >= 15 is 0 Å². The van der Waals surface area contributed by atoms with E-state index in [4.69, 9.17) is 16.3 Å². The van der Waals surface area contributed by atoms with E-state index in [0.717, 1.165) is 24.5 Å². The summed E-state index contributed by atoms with van der Waals surface area (Å²) in [6.45, 7) is 1.21. The van der Waals surface area contributed by atoms with Crippen LogP contribution < -0.4 is 14.4 Å². The van der Waals surface area contributed by atoms with E-state index in [2.05, 4.69) is 14.6 Å². The van der Waals surface area contributed by atoms with E-state index in [1.807, 2.05) is 5.38 Å². The van der Waals surface area contributed by atoms with Gasteiger partial charge < -0.3 is 9.64 Å². The van der Waals surface area contributed by atoms with Crippen molar-refractivity contribution in [2.24, 2.45) is 0 Å². The largest absolute Gasteiger partial charge is 0.495 e. The Kier molecular flexibility index (Phi) is 5.29. The van der Waals surface area contributed by atoms with Gasteiger partial charge in [0.1, 0.15) is 10.6 Å². The van der Waals surface area contributed by atoms with Gasteiger partial charge in [0.25, 0.3) is 0 Å². The van der Waals surface area contributed by atoms with Crippen molar-refractivity contribution in [2.75, 3.05) is 25.1 Å². The smallest absolute Gasteiger partial charge is 0.244 e. The number of nitrogens with one attached hydrogen (secondary N) is 1. The van der Waals surface area contributed by atoms with Crippen molar-refractivity contribution in [3.8, 4) is 5.75 Å². The number of sulfonamides is 1. The number of thiazole rings is 1. The number of aromatic nitrogens is 1. The number of benzene rings is 1. The zero-order valence-electron chi connectivity index (χ0n) is 13.1. The molecule has 9 heteroatoms. The number of halogens is 1. The standard InChI is InChI=1S/C15H18ClN3O3S2/c1-22-13-5-4-11(16)9-14(13)24(20,21)18-10-12-3-2-7-19(12)15-17-6-8-23-15/h4-6,8-9,12,18H,2-3,7,10H2,1H3. The quantitative estimate of drug-likeness (QED) is 0.825. The Morgan fingerprint density at radius 1 is 1.50 bits per heavy atom. The van der Waals surface area contributed by atoms with Crippen molar-refractivity contribution in [3.05, 3.63) is 34.8 Å².